The van der Waals surface area contributed by atoms with E-state index in [9.17, 15) is 13.2 Å². The van der Waals surface area contributed by atoms with Gasteiger partial charge in [-0.3, -0.25) is 0 Å². The van der Waals surface area contributed by atoms with Gasteiger partial charge >= 0.3 is 6.18 Å². The summed E-state index contributed by atoms with van der Waals surface area (Å²) in [6, 6.07) is 1.67. The van der Waals surface area contributed by atoms with Gasteiger partial charge in [-0.2, -0.15) is 13.2 Å². The maximum absolute atomic E-state index is 13.1. The van der Waals surface area contributed by atoms with E-state index in [0.29, 0.717) is 30.8 Å². The van der Waals surface area contributed by atoms with Gasteiger partial charge in [-0.25, -0.2) is 9.97 Å². The molecular weight excluding hydrogens is 349 g/mol. The summed E-state index contributed by atoms with van der Waals surface area (Å²) in [5.41, 5.74) is 0.690. The van der Waals surface area contributed by atoms with Crippen LogP contribution in [0.3, 0.4) is 0 Å². The lowest BCUT2D eigenvalue weighted by atomic mass is 9.76. The van der Waals surface area contributed by atoms with Gasteiger partial charge in [0.1, 0.15) is 6.33 Å². The fourth-order valence-corrected chi connectivity index (χ4v) is 3.91. The third-order valence-corrected chi connectivity index (χ3v) is 5.02. The fraction of sp³-hybridized carbons (Fsp3) is 0.714. The molecule has 3 atom stereocenters. The predicted molar refractivity (Wildman–Crippen MR) is 76.5 cm³/mol. The van der Waals surface area contributed by atoms with Crippen LogP contribution in [-0.4, -0.2) is 28.1 Å². The van der Waals surface area contributed by atoms with Crippen molar-refractivity contribution in [1.82, 2.24) is 9.97 Å². The minimum absolute atomic E-state index is 0.226. The van der Waals surface area contributed by atoms with Gasteiger partial charge in [0.15, 0.2) is 0 Å². The number of halogens is 4. The van der Waals surface area contributed by atoms with E-state index in [1.807, 2.05) is 0 Å². The quantitative estimate of drug-likeness (QED) is 0.750. The first-order valence-electron chi connectivity index (χ1n) is 6.97. The second kappa shape index (κ2) is 6.94. The highest BCUT2D eigenvalue weighted by molar-refractivity contribution is 9.09. The SMILES string of the molecule is COc1cc(CC(Br)C2CCCCC2C(F)(F)F)ncn1. The molecule has 0 radical (unpaired) electrons. The Morgan fingerprint density at radius 3 is 2.71 bits per heavy atom. The molecule has 3 unspecified atom stereocenters. The Bertz CT molecular complexity index is 470. The van der Waals surface area contributed by atoms with E-state index in [-0.39, 0.29) is 11.2 Å². The lowest BCUT2D eigenvalue weighted by Crippen LogP contribution is -2.38. The molecule has 0 aliphatic heterocycles. The van der Waals surface area contributed by atoms with Gasteiger partial charge in [0.05, 0.1) is 13.0 Å². The highest BCUT2D eigenvalue weighted by Crippen LogP contribution is 2.45. The van der Waals surface area contributed by atoms with E-state index >= 15 is 0 Å². The molecule has 0 saturated heterocycles. The van der Waals surface area contributed by atoms with Crippen LogP contribution in [0, 0.1) is 11.8 Å². The Morgan fingerprint density at radius 1 is 1.33 bits per heavy atom. The second-order valence-corrected chi connectivity index (χ2v) is 6.54. The van der Waals surface area contributed by atoms with Crippen molar-refractivity contribution in [2.75, 3.05) is 7.11 Å². The summed E-state index contributed by atoms with van der Waals surface area (Å²) in [6.07, 6.45) is 0.0203. The molecule has 21 heavy (non-hydrogen) atoms. The molecule has 1 aliphatic rings. The normalized spacial score (nSPS) is 24.6. The third-order valence-electron chi connectivity index (χ3n) is 4.02. The number of alkyl halides is 4. The zero-order chi connectivity index (χ0) is 15.5. The highest BCUT2D eigenvalue weighted by atomic mass is 79.9. The zero-order valence-corrected chi connectivity index (χ0v) is 13.3. The number of aromatic nitrogens is 2. The van der Waals surface area contributed by atoms with Gasteiger partial charge in [-0.1, -0.05) is 28.8 Å². The summed E-state index contributed by atoms with van der Waals surface area (Å²) < 4.78 is 44.4. The number of hydrogen-bond donors (Lipinski definition) is 0. The number of ether oxygens (including phenoxy) is 1. The van der Waals surface area contributed by atoms with Crippen molar-refractivity contribution in [1.29, 1.82) is 0 Å². The Morgan fingerprint density at radius 2 is 2.05 bits per heavy atom. The lowest BCUT2D eigenvalue weighted by molar-refractivity contribution is -0.196. The zero-order valence-electron chi connectivity index (χ0n) is 11.7. The molecule has 0 spiro atoms. The molecule has 1 heterocycles. The van der Waals surface area contributed by atoms with Crippen LogP contribution in [-0.2, 0) is 6.42 Å². The van der Waals surface area contributed by atoms with Crippen molar-refractivity contribution in [2.24, 2.45) is 11.8 Å². The van der Waals surface area contributed by atoms with E-state index in [4.69, 9.17) is 4.74 Å². The smallest absolute Gasteiger partial charge is 0.392 e. The van der Waals surface area contributed by atoms with Gasteiger partial charge < -0.3 is 4.74 Å². The number of methoxy groups -OCH3 is 1. The fourth-order valence-electron chi connectivity index (χ4n) is 2.95. The number of hydrogen-bond acceptors (Lipinski definition) is 3. The average Bonchev–Trinajstić information content (AvgIpc) is 2.46. The molecule has 1 saturated carbocycles. The molecule has 0 amide bonds. The first-order chi connectivity index (χ1) is 9.91. The van der Waals surface area contributed by atoms with Crippen molar-refractivity contribution >= 4 is 15.9 Å². The van der Waals surface area contributed by atoms with E-state index in [0.717, 1.165) is 6.42 Å². The van der Waals surface area contributed by atoms with E-state index in [2.05, 4.69) is 25.9 Å². The molecule has 3 nitrogen and oxygen atoms in total. The van der Waals surface area contributed by atoms with Gasteiger partial charge in [0.2, 0.25) is 5.88 Å². The Kier molecular flexibility index (Phi) is 5.46. The number of rotatable bonds is 4. The first-order valence-corrected chi connectivity index (χ1v) is 7.89. The summed E-state index contributed by atoms with van der Waals surface area (Å²) in [7, 11) is 1.50. The molecule has 1 aliphatic carbocycles. The standard InChI is InChI=1S/C14H18BrF3N2O/c1-21-13-7-9(19-8-20-13)6-12(15)10-4-2-3-5-11(10)14(16,17)18/h7-8,10-12H,2-6H2,1H3. The van der Waals surface area contributed by atoms with Crippen LogP contribution in [0.4, 0.5) is 13.2 Å². The highest BCUT2D eigenvalue weighted by Gasteiger charge is 2.47. The molecule has 1 aromatic heterocycles. The van der Waals surface area contributed by atoms with Gasteiger partial charge in [-0.05, 0) is 18.8 Å². The maximum atomic E-state index is 13.1. The Hall–Kier alpha value is -0.850. The molecule has 1 fully saturated rings. The van der Waals surface area contributed by atoms with Gasteiger partial charge in [0, 0.05) is 23.0 Å². The maximum Gasteiger partial charge on any atom is 0.392 e. The molecule has 0 aromatic carbocycles. The summed E-state index contributed by atoms with van der Waals surface area (Å²) >= 11 is 3.45. The van der Waals surface area contributed by atoms with Gasteiger partial charge in [-0.15, -0.1) is 0 Å². The van der Waals surface area contributed by atoms with Crippen molar-refractivity contribution in [3.8, 4) is 5.88 Å². The largest absolute Gasteiger partial charge is 0.481 e. The topological polar surface area (TPSA) is 35.0 Å². The first kappa shape index (κ1) is 16.5. The molecule has 2 rings (SSSR count). The second-order valence-electron chi connectivity index (χ2n) is 5.37. The van der Waals surface area contributed by atoms with Crippen molar-refractivity contribution in [2.45, 2.75) is 43.1 Å². The predicted octanol–water partition coefficient (Wildman–Crippen LogP) is 4.16. The minimum atomic E-state index is -4.12. The van der Waals surface area contributed by atoms with E-state index in [1.165, 1.54) is 13.4 Å². The molecule has 7 heteroatoms. The molecule has 118 valence electrons. The third kappa shape index (κ3) is 4.31. The average molecular weight is 367 g/mol. The Balaban J connectivity index is 2.08. The van der Waals surface area contributed by atoms with Crippen LogP contribution in [0.2, 0.25) is 0 Å². The van der Waals surface area contributed by atoms with Crippen LogP contribution >= 0.6 is 15.9 Å². The molecule has 0 N–H and O–H groups in total. The van der Waals surface area contributed by atoms with E-state index in [1.54, 1.807) is 6.07 Å². The van der Waals surface area contributed by atoms with Crippen LogP contribution < -0.4 is 4.74 Å². The molecular formula is C14H18BrF3N2O. The van der Waals surface area contributed by atoms with Crippen LogP contribution in [0.25, 0.3) is 0 Å². The van der Waals surface area contributed by atoms with Gasteiger partial charge in [0.25, 0.3) is 0 Å². The van der Waals surface area contributed by atoms with Crippen molar-refractivity contribution in [3.05, 3.63) is 18.1 Å². The van der Waals surface area contributed by atoms with Crippen LogP contribution in [0.5, 0.6) is 5.88 Å². The molecule has 1 aromatic rings. The summed E-state index contributed by atoms with van der Waals surface area (Å²) in [5.74, 6) is -1.20. The summed E-state index contributed by atoms with van der Waals surface area (Å²) in [4.78, 5) is 7.76. The molecule has 0 bridgehead atoms. The van der Waals surface area contributed by atoms with Crippen LogP contribution in [0.1, 0.15) is 31.4 Å². The van der Waals surface area contributed by atoms with Crippen molar-refractivity contribution in [3.63, 3.8) is 0 Å². The minimum Gasteiger partial charge on any atom is -0.481 e. The monoisotopic (exact) mass is 366 g/mol. The Labute approximate surface area is 130 Å². The van der Waals surface area contributed by atoms with Crippen LogP contribution in [0.15, 0.2) is 12.4 Å². The summed E-state index contributed by atoms with van der Waals surface area (Å²) in [5, 5.41) is 0. The van der Waals surface area contributed by atoms with Crippen molar-refractivity contribution < 1.29 is 17.9 Å². The number of nitrogens with zero attached hydrogens (tertiary/aromatic N) is 2. The van der Waals surface area contributed by atoms with E-state index < -0.39 is 18.0 Å². The summed E-state index contributed by atoms with van der Waals surface area (Å²) in [6.45, 7) is 0. The lowest BCUT2D eigenvalue weighted by Gasteiger charge is -2.35.